The van der Waals surface area contributed by atoms with Crippen LogP contribution in [0.15, 0.2) is 76.3 Å². The van der Waals surface area contributed by atoms with Crippen LogP contribution in [-0.4, -0.2) is 36.1 Å². The molecule has 2 heterocycles. The zero-order chi connectivity index (χ0) is 25.3. The van der Waals surface area contributed by atoms with Gasteiger partial charge in [0, 0.05) is 0 Å². The van der Waals surface area contributed by atoms with Crippen molar-refractivity contribution < 1.29 is 19.1 Å². The van der Waals surface area contributed by atoms with E-state index in [1.54, 1.807) is 49.4 Å². The Bertz CT molecular complexity index is 1510. The van der Waals surface area contributed by atoms with Gasteiger partial charge in [-0.05, 0) is 24.1 Å². The lowest BCUT2D eigenvalue weighted by molar-refractivity contribution is -0.139. The summed E-state index contributed by atoms with van der Waals surface area (Å²) in [4.78, 5) is 46.9. The first-order valence-corrected chi connectivity index (χ1v) is 10.5. The molecule has 3 N–H and O–H groups in total. The van der Waals surface area contributed by atoms with Gasteiger partial charge in [-0.2, -0.15) is 5.26 Å². The van der Waals surface area contributed by atoms with Gasteiger partial charge in [-0.15, -0.1) is 0 Å². The van der Waals surface area contributed by atoms with Gasteiger partial charge in [0.05, 0.1) is 54.8 Å². The van der Waals surface area contributed by atoms with Crippen LogP contribution in [0.1, 0.15) is 17.0 Å². The fraction of sp³-hybridized carbons (Fsp3) is 0.160. The summed E-state index contributed by atoms with van der Waals surface area (Å²) in [6, 6.07) is 14.0. The molecule has 3 aromatic rings. The number of hydrogen-bond donors (Lipinski definition) is 2. The van der Waals surface area contributed by atoms with Gasteiger partial charge in [0.15, 0.2) is 0 Å². The number of aromatic nitrogens is 2. The maximum Gasteiger partial charge on any atom is 0.355 e. The normalized spacial score (nSPS) is 15.7. The van der Waals surface area contributed by atoms with Crippen LogP contribution in [0.3, 0.4) is 0 Å². The lowest BCUT2D eigenvalue weighted by atomic mass is 9.80. The number of ether oxygens (including phenoxy) is 2. The first-order chi connectivity index (χ1) is 16.8. The molecule has 0 aliphatic carbocycles. The van der Waals surface area contributed by atoms with E-state index in [0.29, 0.717) is 11.1 Å². The summed E-state index contributed by atoms with van der Waals surface area (Å²) in [5, 5.41) is 10.4. The zero-order valence-electron chi connectivity index (χ0n) is 19.2. The molecule has 0 spiro atoms. The van der Waals surface area contributed by atoms with E-state index in [1.807, 2.05) is 0 Å². The fourth-order valence-electron chi connectivity index (χ4n) is 4.26. The van der Waals surface area contributed by atoms with Crippen molar-refractivity contribution >= 4 is 28.5 Å². The van der Waals surface area contributed by atoms with Crippen LogP contribution in [0.5, 0.6) is 0 Å². The number of carbonyl (C=O) groups is 2. The number of anilines is 1. The minimum atomic E-state index is -0.995. The third kappa shape index (κ3) is 3.69. The predicted molar refractivity (Wildman–Crippen MR) is 127 cm³/mol. The van der Waals surface area contributed by atoms with Crippen molar-refractivity contribution in [3.8, 4) is 6.07 Å². The number of fused-ring (bicyclic) bond motifs is 1. The second-order valence-electron chi connectivity index (χ2n) is 7.69. The number of rotatable bonds is 4. The zero-order valence-corrected chi connectivity index (χ0v) is 19.2. The van der Waals surface area contributed by atoms with Gasteiger partial charge in [-0.1, -0.05) is 36.4 Å². The van der Waals surface area contributed by atoms with Crippen molar-refractivity contribution in [1.82, 2.24) is 9.97 Å². The monoisotopic (exact) mass is 471 g/mol. The maximum atomic E-state index is 13.2. The Hall–Kier alpha value is -4.91. The van der Waals surface area contributed by atoms with Crippen LogP contribution in [-0.2, 0) is 19.1 Å². The third-order valence-electron chi connectivity index (χ3n) is 5.82. The largest absolute Gasteiger partial charge is 0.466 e. The van der Waals surface area contributed by atoms with Gasteiger partial charge in [-0.25, -0.2) is 14.6 Å². The molecule has 0 saturated carbocycles. The van der Waals surface area contributed by atoms with Crippen LogP contribution >= 0.6 is 0 Å². The van der Waals surface area contributed by atoms with Gasteiger partial charge in [0.2, 0.25) is 0 Å². The molecule has 0 bridgehead atoms. The SMILES string of the molecule is COC(=O)C1=C(C(=O)OC)N(c2c(C)ccc3c(=O)[nH]cnc23)C(N)=C(C#N)C1c1ccccc1. The summed E-state index contributed by atoms with van der Waals surface area (Å²) in [6.45, 7) is 1.73. The Kier molecular flexibility index (Phi) is 6.08. The van der Waals surface area contributed by atoms with E-state index in [2.05, 4.69) is 16.0 Å². The highest BCUT2D eigenvalue weighted by molar-refractivity contribution is 6.08. The van der Waals surface area contributed by atoms with Crippen molar-refractivity contribution in [2.24, 2.45) is 5.73 Å². The summed E-state index contributed by atoms with van der Waals surface area (Å²) in [5.74, 6) is -2.82. The van der Waals surface area contributed by atoms with Crippen LogP contribution in [0.4, 0.5) is 5.69 Å². The van der Waals surface area contributed by atoms with Gasteiger partial charge in [-0.3, -0.25) is 9.69 Å². The number of H-pyrrole nitrogens is 1. The van der Waals surface area contributed by atoms with Crippen LogP contribution in [0.2, 0.25) is 0 Å². The van der Waals surface area contributed by atoms with E-state index in [-0.39, 0.29) is 39.3 Å². The number of aromatic amines is 1. The number of nitrogens with one attached hydrogen (secondary N) is 1. The van der Waals surface area contributed by atoms with Crippen LogP contribution in [0, 0.1) is 18.3 Å². The van der Waals surface area contributed by atoms with Gasteiger partial charge < -0.3 is 20.2 Å². The molecule has 1 unspecified atom stereocenters. The van der Waals surface area contributed by atoms with Crippen LogP contribution < -0.4 is 16.2 Å². The molecular weight excluding hydrogens is 450 g/mol. The molecule has 0 amide bonds. The maximum absolute atomic E-state index is 13.2. The lowest BCUT2D eigenvalue weighted by Crippen LogP contribution is -2.41. The number of nitrogens with zero attached hydrogens (tertiary/aromatic N) is 3. The average Bonchev–Trinajstić information content (AvgIpc) is 2.88. The lowest BCUT2D eigenvalue weighted by Gasteiger charge is -2.36. The molecule has 0 radical (unpaired) electrons. The molecule has 0 fully saturated rings. The van der Waals surface area contributed by atoms with Gasteiger partial charge in [0.25, 0.3) is 5.56 Å². The van der Waals surface area contributed by atoms with E-state index < -0.39 is 23.4 Å². The average molecular weight is 471 g/mol. The predicted octanol–water partition coefficient (Wildman–Crippen LogP) is 2.13. The number of carbonyl (C=O) groups excluding carboxylic acids is 2. The number of benzene rings is 2. The Labute approximate surface area is 199 Å². The molecule has 2 aromatic carbocycles. The molecular formula is C25H21N5O5. The summed E-state index contributed by atoms with van der Waals surface area (Å²) in [7, 11) is 2.34. The molecule has 1 aromatic heterocycles. The minimum Gasteiger partial charge on any atom is -0.466 e. The van der Waals surface area contributed by atoms with E-state index in [9.17, 15) is 19.6 Å². The standard InChI is InChI=1S/C25H21N5O5/c1-13-9-10-15-19(28-12-29-23(15)31)20(13)30-21(25(33)35-3)18(24(32)34-2)17(16(11-26)22(30)27)14-7-5-4-6-8-14/h4-10,12,17H,27H2,1-3H3,(H,28,29,31). The second kappa shape index (κ2) is 9.15. The Morgan fingerprint density at radius 2 is 1.80 bits per heavy atom. The smallest absolute Gasteiger partial charge is 0.355 e. The first kappa shape index (κ1) is 23.3. The Balaban J connectivity index is 2.18. The van der Waals surface area contributed by atoms with Gasteiger partial charge >= 0.3 is 11.9 Å². The highest BCUT2D eigenvalue weighted by Gasteiger charge is 2.43. The molecule has 1 aliphatic heterocycles. The van der Waals surface area contributed by atoms with E-state index in [0.717, 1.165) is 0 Å². The van der Waals surface area contributed by atoms with Gasteiger partial charge in [0.1, 0.15) is 17.0 Å². The molecule has 10 heteroatoms. The number of aryl methyl sites for hydroxylation is 1. The highest BCUT2D eigenvalue weighted by atomic mass is 16.5. The number of nitriles is 1. The highest BCUT2D eigenvalue weighted by Crippen LogP contribution is 2.44. The van der Waals surface area contributed by atoms with Crippen LogP contribution in [0.25, 0.3) is 10.9 Å². The fourth-order valence-corrected chi connectivity index (χ4v) is 4.26. The number of nitrogens with two attached hydrogens (primary N) is 1. The molecule has 0 saturated heterocycles. The van der Waals surface area contributed by atoms with Crippen molar-refractivity contribution in [2.45, 2.75) is 12.8 Å². The minimum absolute atomic E-state index is 0.0190. The molecule has 10 nitrogen and oxygen atoms in total. The number of allylic oxidation sites excluding steroid dienone is 1. The Morgan fingerprint density at radius 3 is 2.43 bits per heavy atom. The van der Waals surface area contributed by atoms with Crippen molar-refractivity contribution in [3.05, 3.63) is 92.9 Å². The van der Waals surface area contributed by atoms with E-state index in [1.165, 1.54) is 25.4 Å². The number of hydrogen-bond acceptors (Lipinski definition) is 9. The quantitative estimate of drug-likeness (QED) is 0.545. The molecule has 176 valence electrons. The topological polar surface area (TPSA) is 151 Å². The number of esters is 2. The molecule has 35 heavy (non-hydrogen) atoms. The summed E-state index contributed by atoms with van der Waals surface area (Å²) in [6.07, 6.45) is 1.22. The number of methoxy groups -OCH3 is 2. The van der Waals surface area contributed by atoms with E-state index in [4.69, 9.17) is 15.2 Å². The molecule has 1 atom stereocenters. The first-order valence-electron chi connectivity index (χ1n) is 10.5. The van der Waals surface area contributed by atoms with Crippen molar-refractivity contribution in [3.63, 3.8) is 0 Å². The molecule has 4 rings (SSSR count). The molecule has 1 aliphatic rings. The third-order valence-corrected chi connectivity index (χ3v) is 5.82. The summed E-state index contributed by atoms with van der Waals surface area (Å²) < 4.78 is 10.1. The van der Waals surface area contributed by atoms with E-state index >= 15 is 0 Å². The second-order valence-corrected chi connectivity index (χ2v) is 7.69. The van der Waals surface area contributed by atoms with Crippen molar-refractivity contribution in [1.29, 1.82) is 5.26 Å². The summed E-state index contributed by atoms with van der Waals surface area (Å²) >= 11 is 0. The van der Waals surface area contributed by atoms with Crippen molar-refractivity contribution in [2.75, 3.05) is 19.1 Å². The Morgan fingerprint density at radius 1 is 1.11 bits per heavy atom. The summed E-state index contributed by atoms with van der Waals surface area (Å²) in [5.41, 5.74) is 7.42.